The first-order valence-corrected chi connectivity index (χ1v) is 10.2. The van der Waals surface area contributed by atoms with Crippen LogP contribution in [0, 0.1) is 0 Å². The van der Waals surface area contributed by atoms with Gasteiger partial charge in [0.15, 0.2) is 5.96 Å². The Kier molecular flexibility index (Phi) is 30.6. The van der Waals surface area contributed by atoms with E-state index >= 15 is 0 Å². The first-order valence-electron chi connectivity index (χ1n) is 10.2. The van der Waals surface area contributed by atoms with E-state index in [0.29, 0.717) is 0 Å². The van der Waals surface area contributed by atoms with E-state index in [0.717, 1.165) is 13.0 Å². The van der Waals surface area contributed by atoms with Crippen molar-refractivity contribution in [1.29, 1.82) is 0 Å². The molecule has 154 valence electrons. The fourth-order valence-corrected chi connectivity index (χ4v) is 2.51. The fraction of sp³-hybridized carbons (Fsp3) is 0.950. The van der Waals surface area contributed by atoms with Gasteiger partial charge in [0.05, 0.1) is 0 Å². The molecule has 25 heavy (non-hydrogen) atoms. The van der Waals surface area contributed by atoms with Crippen LogP contribution >= 0.6 is 17.0 Å². The zero-order valence-corrected chi connectivity index (χ0v) is 19.3. The van der Waals surface area contributed by atoms with Gasteiger partial charge in [-0.25, -0.2) is 0 Å². The third-order valence-corrected chi connectivity index (χ3v) is 3.81. The number of nitrogens with zero attached hydrogens (tertiary/aromatic N) is 2. The Bertz CT molecular complexity index is 251. The predicted molar refractivity (Wildman–Crippen MR) is 121 cm³/mol. The third-order valence-electron chi connectivity index (χ3n) is 3.81. The summed E-state index contributed by atoms with van der Waals surface area (Å²) in [6.07, 6.45) is 19.3. The molecule has 0 radical (unpaired) electrons. The van der Waals surface area contributed by atoms with Crippen LogP contribution < -0.4 is 11.5 Å². The van der Waals surface area contributed by atoms with Crippen LogP contribution in [0.4, 0.5) is 0 Å². The van der Waals surface area contributed by atoms with Gasteiger partial charge in [0, 0.05) is 6.54 Å². The fourth-order valence-electron chi connectivity index (χ4n) is 2.51. The molecule has 5 heteroatoms. The molecule has 4 nitrogen and oxygen atoms in total. The van der Waals surface area contributed by atoms with Crippen molar-refractivity contribution in [3.05, 3.63) is 0 Å². The van der Waals surface area contributed by atoms with E-state index in [2.05, 4.69) is 11.9 Å². The number of rotatable bonds is 15. The summed E-state index contributed by atoms with van der Waals surface area (Å²) in [6, 6.07) is 0. The van der Waals surface area contributed by atoms with Crippen molar-refractivity contribution in [2.45, 2.75) is 96.8 Å². The number of hydrogen-bond donors (Lipinski definition) is 2. The number of nitrogens with two attached hydrogens (primary N) is 2. The Morgan fingerprint density at radius 2 is 0.920 bits per heavy atom. The normalized spacial score (nSPS) is 9.96. The predicted octanol–water partition coefficient (Wildman–Crippen LogP) is 5.50. The van der Waals surface area contributed by atoms with E-state index in [4.69, 9.17) is 11.5 Å². The molecule has 0 fully saturated rings. The minimum Gasteiger partial charge on any atom is -0.370 e. The van der Waals surface area contributed by atoms with Crippen molar-refractivity contribution < 1.29 is 0 Å². The molecule has 0 saturated heterocycles. The molecule has 0 bridgehead atoms. The third kappa shape index (κ3) is 40.0. The Balaban J connectivity index is -0.000000867. The Labute approximate surface area is 169 Å². The second-order valence-corrected chi connectivity index (χ2v) is 7.24. The van der Waals surface area contributed by atoms with Crippen LogP contribution in [0.3, 0.4) is 0 Å². The molecule has 0 aromatic heterocycles. The molecule has 0 aliphatic heterocycles. The van der Waals surface area contributed by atoms with Gasteiger partial charge in [-0.3, -0.25) is 4.99 Å². The van der Waals surface area contributed by atoms with Gasteiger partial charge >= 0.3 is 0 Å². The topological polar surface area (TPSA) is 67.6 Å². The van der Waals surface area contributed by atoms with Crippen LogP contribution in [0.15, 0.2) is 4.99 Å². The van der Waals surface area contributed by atoms with E-state index in [-0.39, 0.29) is 22.9 Å². The van der Waals surface area contributed by atoms with Gasteiger partial charge in [0.1, 0.15) is 0 Å². The maximum absolute atomic E-state index is 5.27. The number of hydrogen-bond acceptors (Lipinski definition) is 2. The molecule has 0 atom stereocenters. The molecule has 0 aromatic rings. The summed E-state index contributed by atoms with van der Waals surface area (Å²) < 4.78 is 0. The Morgan fingerprint density at radius 3 is 1.20 bits per heavy atom. The quantitative estimate of drug-likeness (QED) is 0.208. The summed E-state index contributed by atoms with van der Waals surface area (Å²) in [5.74, 6) is 0.222. The van der Waals surface area contributed by atoms with Crippen molar-refractivity contribution in [2.75, 3.05) is 27.7 Å². The van der Waals surface area contributed by atoms with Gasteiger partial charge in [-0.05, 0) is 27.6 Å². The van der Waals surface area contributed by atoms with Gasteiger partial charge in [-0.2, -0.15) is 0 Å². The summed E-state index contributed by atoms with van der Waals surface area (Å²) in [6.45, 7) is 3.07. The van der Waals surface area contributed by atoms with Crippen molar-refractivity contribution in [2.24, 2.45) is 16.5 Å². The molecule has 0 aliphatic carbocycles. The monoisotopic (exact) mass is 422 g/mol. The standard InChI is InChI=1S/C17H37N3.C3H9N.BrH/c1-2-3-4-5-6-7-8-9-10-11-12-13-14-15-16-20-17(18)19;1-4(2)3;/h2-16H2,1H3,(H4,18,19,20);1-3H3;1H. The van der Waals surface area contributed by atoms with Gasteiger partial charge < -0.3 is 16.4 Å². The molecule has 4 N–H and O–H groups in total. The lowest BCUT2D eigenvalue weighted by Gasteiger charge is -2.02. The lowest BCUT2D eigenvalue weighted by molar-refractivity contribution is 0.505. The first kappa shape index (κ1) is 29.5. The molecule has 0 saturated carbocycles. The highest BCUT2D eigenvalue weighted by Gasteiger charge is 1.94. The van der Waals surface area contributed by atoms with E-state index < -0.39 is 0 Å². The molecule has 0 aromatic carbocycles. The molecule has 0 rings (SSSR count). The van der Waals surface area contributed by atoms with Gasteiger partial charge in [-0.1, -0.05) is 90.4 Å². The van der Waals surface area contributed by atoms with E-state index in [1.165, 1.54) is 83.5 Å². The second kappa shape index (κ2) is 25.9. The Morgan fingerprint density at radius 1 is 0.640 bits per heavy atom. The SMILES string of the molecule is Br.CCCCCCCCCCCCCCCCN=C(N)N.CN(C)C. The molecule has 0 aliphatic rings. The minimum absolute atomic E-state index is 0. The van der Waals surface area contributed by atoms with Gasteiger partial charge in [0.2, 0.25) is 0 Å². The second-order valence-electron chi connectivity index (χ2n) is 7.24. The largest absolute Gasteiger partial charge is 0.370 e. The van der Waals surface area contributed by atoms with E-state index in [9.17, 15) is 0 Å². The maximum Gasteiger partial charge on any atom is 0.185 e. The highest BCUT2D eigenvalue weighted by molar-refractivity contribution is 8.93. The molecule has 0 spiro atoms. The van der Waals surface area contributed by atoms with Crippen molar-refractivity contribution in [3.63, 3.8) is 0 Å². The summed E-state index contributed by atoms with van der Waals surface area (Å²) in [4.78, 5) is 5.99. The van der Waals surface area contributed by atoms with Crippen LogP contribution in [0.25, 0.3) is 0 Å². The number of halogens is 1. The van der Waals surface area contributed by atoms with Crippen molar-refractivity contribution in [1.82, 2.24) is 4.90 Å². The average molecular weight is 424 g/mol. The van der Waals surface area contributed by atoms with Gasteiger partial charge in [-0.15, -0.1) is 17.0 Å². The molecular weight excluding hydrogens is 376 g/mol. The van der Waals surface area contributed by atoms with Crippen LogP contribution in [0.2, 0.25) is 0 Å². The average Bonchev–Trinajstić information content (AvgIpc) is 2.50. The Hall–Kier alpha value is -0.290. The minimum atomic E-state index is 0. The summed E-state index contributed by atoms with van der Waals surface area (Å²) in [5.41, 5.74) is 10.5. The number of aliphatic imine (C=N–C) groups is 1. The highest BCUT2D eigenvalue weighted by atomic mass is 79.9. The number of guanidine groups is 1. The number of unbranched alkanes of at least 4 members (excludes halogenated alkanes) is 13. The zero-order valence-electron chi connectivity index (χ0n) is 17.6. The zero-order chi connectivity index (χ0) is 18.5. The lowest BCUT2D eigenvalue weighted by atomic mass is 10.0. The molecule has 0 heterocycles. The van der Waals surface area contributed by atoms with Crippen LogP contribution in [0.5, 0.6) is 0 Å². The summed E-state index contributed by atoms with van der Waals surface area (Å²) >= 11 is 0. The highest BCUT2D eigenvalue weighted by Crippen LogP contribution is 2.12. The smallest absolute Gasteiger partial charge is 0.185 e. The van der Waals surface area contributed by atoms with Gasteiger partial charge in [0.25, 0.3) is 0 Å². The molecule has 0 unspecified atom stereocenters. The van der Waals surface area contributed by atoms with Crippen LogP contribution in [0.1, 0.15) is 96.8 Å². The van der Waals surface area contributed by atoms with E-state index in [1.807, 2.05) is 26.0 Å². The van der Waals surface area contributed by atoms with Crippen molar-refractivity contribution in [3.8, 4) is 0 Å². The maximum atomic E-state index is 5.27. The summed E-state index contributed by atoms with van der Waals surface area (Å²) in [5, 5.41) is 0. The van der Waals surface area contributed by atoms with Crippen molar-refractivity contribution >= 4 is 22.9 Å². The summed E-state index contributed by atoms with van der Waals surface area (Å²) in [7, 11) is 6.00. The molecule has 0 amide bonds. The van der Waals surface area contributed by atoms with Crippen LogP contribution in [-0.4, -0.2) is 38.5 Å². The first-order chi connectivity index (χ1) is 11.5. The lowest BCUT2D eigenvalue weighted by Crippen LogP contribution is -2.22. The van der Waals surface area contributed by atoms with Crippen LogP contribution in [-0.2, 0) is 0 Å². The van der Waals surface area contributed by atoms with E-state index in [1.54, 1.807) is 0 Å². The molecular formula is C20H47BrN4.